The lowest BCUT2D eigenvalue weighted by molar-refractivity contribution is 0.102. The number of amides is 1. The highest BCUT2D eigenvalue weighted by Gasteiger charge is 2.30. The van der Waals surface area contributed by atoms with Crippen molar-refractivity contribution in [3.8, 4) is 0 Å². The van der Waals surface area contributed by atoms with E-state index in [1.165, 1.54) is 16.4 Å². The molecule has 1 amide bonds. The van der Waals surface area contributed by atoms with Gasteiger partial charge in [-0.2, -0.15) is 9.40 Å². The Morgan fingerprint density at radius 1 is 1.15 bits per heavy atom. The fraction of sp³-hybridized carbons (Fsp3) is 0.412. The van der Waals surface area contributed by atoms with Crippen LogP contribution < -0.4 is 5.32 Å². The summed E-state index contributed by atoms with van der Waals surface area (Å²) in [6.45, 7) is 2.64. The second kappa shape index (κ2) is 7.79. The Morgan fingerprint density at radius 2 is 1.81 bits per heavy atom. The lowest BCUT2D eigenvalue weighted by Crippen LogP contribution is -2.35. The molecule has 1 fully saturated rings. The Kier molecular flexibility index (Phi) is 5.81. The Hall–Kier alpha value is -1.61. The summed E-state index contributed by atoms with van der Waals surface area (Å²) in [5.74, 6) is -0.525. The highest BCUT2D eigenvalue weighted by atomic mass is 35.5. The van der Waals surface area contributed by atoms with Crippen molar-refractivity contribution in [1.82, 2.24) is 14.1 Å². The third-order valence-electron chi connectivity index (χ3n) is 4.46. The van der Waals surface area contributed by atoms with Crippen LogP contribution in [0.4, 0.5) is 5.69 Å². The zero-order valence-electron chi connectivity index (χ0n) is 15.0. The average molecular weight is 431 g/mol. The van der Waals surface area contributed by atoms with Gasteiger partial charge in [0.1, 0.15) is 4.90 Å². The zero-order chi connectivity index (χ0) is 19.8. The molecular weight excluding hydrogens is 411 g/mol. The number of hydrogen-bond acceptors (Lipinski definition) is 4. The van der Waals surface area contributed by atoms with Gasteiger partial charge in [0.15, 0.2) is 0 Å². The SMILES string of the molecule is Cc1nn(C)cc1NC(=O)c1cc(S(=O)(=O)N2CCCCC2)c(Cl)cc1Cl. The third-order valence-corrected chi connectivity index (χ3v) is 7.14. The number of carbonyl (C=O) groups is 1. The molecule has 3 rings (SSSR count). The van der Waals surface area contributed by atoms with Crippen LogP contribution in [-0.2, 0) is 17.1 Å². The molecule has 146 valence electrons. The van der Waals surface area contributed by atoms with Crippen molar-refractivity contribution in [3.05, 3.63) is 39.6 Å². The van der Waals surface area contributed by atoms with Crippen LogP contribution in [0.15, 0.2) is 23.2 Å². The summed E-state index contributed by atoms with van der Waals surface area (Å²) in [7, 11) is -2.06. The molecule has 0 spiro atoms. The molecule has 0 aliphatic carbocycles. The van der Waals surface area contributed by atoms with Gasteiger partial charge in [0, 0.05) is 26.3 Å². The van der Waals surface area contributed by atoms with Crippen LogP contribution in [0.1, 0.15) is 35.3 Å². The molecule has 1 aliphatic rings. The maximum Gasteiger partial charge on any atom is 0.257 e. The molecule has 1 aromatic carbocycles. The predicted molar refractivity (Wildman–Crippen MR) is 105 cm³/mol. The number of anilines is 1. The number of aryl methyl sites for hydroxylation is 2. The van der Waals surface area contributed by atoms with Gasteiger partial charge < -0.3 is 5.32 Å². The Labute approximate surface area is 168 Å². The maximum absolute atomic E-state index is 13.0. The van der Waals surface area contributed by atoms with E-state index in [1.54, 1.807) is 24.9 Å². The van der Waals surface area contributed by atoms with E-state index in [0.717, 1.165) is 19.3 Å². The highest BCUT2D eigenvalue weighted by Crippen LogP contribution is 2.32. The van der Waals surface area contributed by atoms with Crippen molar-refractivity contribution in [3.63, 3.8) is 0 Å². The second-order valence-corrected chi connectivity index (χ2v) is 9.20. The monoisotopic (exact) mass is 430 g/mol. The summed E-state index contributed by atoms with van der Waals surface area (Å²) in [6, 6.07) is 2.54. The fourth-order valence-electron chi connectivity index (χ4n) is 3.06. The van der Waals surface area contributed by atoms with Crippen molar-refractivity contribution in [2.45, 2.75) is 31.1 Å². The van der Waals surface area contributed by atoms with Crippen LogP contribution in [0.5, 0.6) is 0 Å². The van der Waals surface area contributed by atoms with Gasteiger partial charge in [-0.25, -0.2) is 8.42 Å². The summed E-state index contributed by atoms with van der Waals surface area (Å²) >= 11 is 12.3. The smallest absolute Gasteiger partial charge is 0.257 e. The van der Waals surface area contributed by atoms with Crippen LogP contribution in [0.25, 0.3) is 0 Å². The van der Waals surface area contributed by atoms with Gasteiger partial charge in [-0.15, -0.1) is 0 Å². The molecule has 10 heteroatoms. The van der Waals surface area contributed by atoms with Crippen molar-refractivity contribution < 1.29 is 13.2 Å². The first kappa shape index (κ1) is 20.1. The molecule has 1 aromatic heterocycles. The molecule has 0 atom stereocenters. The molecule has 1 saturated heterocycles. The van der Waals surface area contributed by atoms with Gasteiger partial charge >= 0.3 is 0 Å². The van der Waals surface area contributed by atoms with Gasteiger partial charge in [0.2, 0.25) is 10.0 Å². The number of sulfonamides is 1. The van der Waals surface area contributed by atoms with Crippen molar-refractivity contribution in [1.29, 1.82) is 0 Å². The molecule has 0 radical (unpaired) electrons. The first-order valence-corrected chi connectivity index (χ1v) is 10.7. The molecular formula is C17H20Cl2N4O3S. The molecule has 0 bridgehead atoms. The summed E-state index contributed by atoms with van der Waals surface area (Å²) in [4.78, 5) is 12.6. The normalized spacial score (nSPS) is 15.7. The summed E-state index contributed by atoms with van der Waals surface area (Å²) in [5, 5.41) is 6.95. The number of rotatable bonds is 4. The fourth-order valence-corrected chi connectivity index (χ4v) is 5.41. The van der Waals surface area contributed by atoms with E-state index in [1.807, 2.05) is 0 Å². The lowest BCUT2D eigenvalue weighted by Gasteiger charge is -2.26. The molecule has 2 aromatic rings. The van der Waals surface area contributed by atoms with Crippen LogP contribution in [-0.4, -0.2) is 41.5 Å². The van der Waals surface area contributed by atoms with Gasteiger partial charge in [-0.1, -0.05) is 29.6 Å². The van der Waals surface area contributed by atoms with Crippen molar-refractivity contribution in [2.75, 3.05) is 18.4 Å². The number of carbonyl (C=O) groups excluding carboxylic acids is 1. The summed E-state index contributed by atoms with van der Waals surface area (Å²) in [6.07, 6.45) is 4.26. The minimum absolute atomic E-state index is 0.000295. The minimum Gasteiger partial charge on any atom is -0.319 e. The van der Waals surface area contributed by atoms with Gasteiger partial charge in [-0.05, 0) is 31.9 Å². The first-order chi connectivity index (χ1) is 12.7. The Balaban J connectivity index is 1.96. The Bertz CT molecular complexity index is 982. The summed E-state index contributed by atoms with van der Waals surface area (Å²) < 4.78 is 28.9. The van der Waals surface area contributed by atoms with E-state index in [0.29, 0.717) is 24.5 Å². The number of nitrogens with one attached hydrogen (secondary N) is 1. The maximum atomic E-state index is 13.0. The second-order valence-electron chi connectivity index (χ2n) is 6.48. The van der Waals surface area contributed by atoms with Crippen LogP contribution in [0, 0.1) is 6.92 Å². The number of nitrogens with zero attached hydrogens (tertiary/aromatic N) is 3. The van der Waals surface area contributed by atoms with Crippen LogP contribution >= 0.6 is 23.2 Å². The van der Waals surface area contributed by atoms with Gasteiger partial charge in [0.05, 0.1) is 27.0 Å². The molecule has 0 unspecified atom stereocenters. The molecule has 1 aliphatic heterocycles. The minimum atomic E-state index is -3.80. The van der Waals surface area contributed by atoms with Crippen LogP contribution in [0.2, 0.25) is 10.0 Å². The van der Waals surface area contributed by atoms with Gasteiger partial charge in [-0.3, -0.25) is 9.48 Å². The predicted octanol–water partition coefficient (Wildman–Crippen LogP) is 3.46. The largest absolute Gasteiger partial charge is 0.319 e. The standard InChI is InChI=1S/C17H20Cl2N4O3S/c1-11-15(10-22(2)21-11)20-17(24)12-8-16(14(19)9-13(12)18)27(25,26)23-6-4-3-5-7-23/h8-10H,3-7H2,1-2H3,(H,20,24). The number of hydrogen-bond donors (Lipinski definition) is 1. The molecule has 7 nitrogen and oxygen atoms in total. The lowest BCUT2D eigenvalue weighted by atomic mass is 10.2. The van der Waals surface area contributed by atoms with Crippen molar-refractivity contribution >= 4 is 44.8 Å². The van der Waals surface area contributed by atoms with E-state index < -0.39 is 15.9 Å². The van der Waals surface area contributed by atoms with Gasteiger partial charge in [0.25, 0.3) is 5.91 Å². The first-order valence-electron chi connectivity index (χ1n) is 8.51. The topological polar surface area (TPSA) is 84.3 Å². The van der Waals surface area contributed by atoms with E-state index in [2.05, 4.69) is 10.4 Å². The number of piperidine rings is 1. The zero-order valence-corrected chi connectivity index (χ0v) is 17.3. The number of halogens is 2. The molecule has 27 heavy (non-hydrogen) atoms. The average Bonchev–Trinajstić information content (AvgIpc) is 2.92. The van der Waals surface area contributed by atoms with E-state index >= 15 is 0 Å². The third kappa shape index (κ3) is 4.13. The van der Waals surface area contributed by atoms with E-state index in [4.69, 9.17) is 23.2 Å². The number of aromatic nitrogens is 2. The van der Waals surface area contributed by atoms with E-state index in [9.17, 15) is 13.2 Å². The Morgan fingerprint density at radius 3 is 2.41 bits per heavy atom. The molecule has 1 N–H and O–H groups in total. The number of benzene rings is 1. The van der Waals surface area contributed by atoms with Crippen LogP contribution in [0.3, 0.4) is 0 Å². The van der Waals surface area contributed by atoms with Crippen molar-refractivity contribution in [2.24, 2.45) is 7.05 Å². The summed E-state index contributed by atoms with van der Waals surface area (Å²) in [5.41, 5.74) is 1.20. The highest BCUT2D eigenvalue weighted by molar-refractivity contribution is 7.89. The molecule has 0 saturated carbocycles. The van der Waals surface area contributed by atoms with E-state index in [-0.39, 0.29) is 20.5 Å². The quantitative estimate of drug-likeness (QED) is 0.804. The molecule has 2 heterocycles.